The third-order valence-electron chi connectivity index (χ3n) is 8.95. The van der Waals surface area contributed by atoms with Gasteiger partial charge in [0.05, 0.1) is 16.0 Å². The Morgan fingerprint density at radius 1 is 1.20 bits per heavy atom. The van der Waals surface area contributed by atoms with Crippen LogP contribution in [0.1, 0.15) is 74.4 Å². The number of hydrogen-bond acceptors (Lipinski definition) is 5. The molecule has 2 atom stereocenters. The highest BCUT2D eigenvalue weighted by molar-refractivity contribution is 7.89. The van der Waals surface area contributed by atoms with Crippen molar-refractivity contribution in [2.24, 2.45) is 16.7 Å². The van der Waals surface area contributed by atoms with Gasteiger partial charge in [-0.3, -0.25) is 9.48 Å². The summed E-state index contributed by atoms with van der Waals surface area (Å²) in [6, 6.07) is 13.4. The fourth-order valence-electron chi connectivity index (χ4n) is 6.65. The number of sulfonamides is 1. The number of aromatic nitrogens is 3. The number of fused-ring (bicyclic) bond motifs is 1. The highest BCUT2D eigenvalue weighted by atomic mass is 32.2. The SMILES string of the molecule is CCn1cc(CC2([C@H](c3ccc(C)c(CN4C[C@H](C)Cc5ccccc5S4(=O)=O)c3)C(C)(C)C(=O)O)CC2)nn1. The first-order chi connectivity index (χ1) is 18.9. The highest BCUT2D eigenvalue weighted by Crippen LogP contribution is 2.63. The van der Waals surface area contributed by atoms with Crippen LogP contribution in [0.4, 0.5) is 0 Å². The van der Waals surface area contributed by atoms with Gasteiger partial charge in [-0.1, -0.05) is 48.5 Å². The highest BCUT2D eigenvalue weighted by Gasteiger charge is 2.57. The number of rotatable bonds is 9. The van der Waals surface area contributed by atoms with E-state index in [1.54, 1.807) is 35.0 Å². The molecule has 1 N–H and O–H groups in total. The van der Waals surface area contributed by atoms with E-state index < -0.39 is 21.4 Å². The molecule has 0 amide bonds. The van der Waals surface area contributed by atoms with Crippen LogP contribution in [-0.2, 0) is 40.7 Å². The molecule has 0 unspecified atom stereocenters. The van der Waals surface area contributed by atoms with Crippen molar-refractivity contribution in [2.45, 2.75) is 84.2 Å². The fraction of sp³-hybridized carbons (Fsp3) is 0.516. The normalized spacial score (nSPS) is 20.9. The van der Waals surface area contributed by atoms with Crippen molar-refractivity contribution < 1.29 is 18.3 Å². The molecule has 1 aliphatic heterocycles. The van der Waals surface area contributed by atoms with Gasteiger partial charge in [-0.15, -0.1) is 5.10 Å². The number of aryl methyl sites for hydroxylation is 2. The molecule has 2 aromatic carbocycles. The molecule has 1 fully saturated rings. The molecule has 2 heterocycles. The Balaban J connectivity index is 1.53. The van der Waals surface area contributed by atoms with Crippen LogP contribution in [0.5, 0.6) is 0 Å². The summed E-state index contributed by atoms with van der Waals surface area (Å²) in [5.41, 5.74) is 3.30. The molecule has 3 aromatic rings. The monoisotopic (exact) mass is 564 g/mol. The summed E-state index contributed by atoms with van der Waals surface area (Å²) < 4.78 is 31.0. The molecule has 8 nitrogen and oxygen atoms in total. The number of hydrogen-bond donors (Lipinski definition) is 1. The van der Waals surface area contributed by atoms with Crippen LogP contribution in [0.15, 0.2) is 53.6 Å². The summed E-state index contributed by atoms with van der Waals surface area (Å²) in [6.45, 7) is 11.1. The van der Waals surface area contributed by atoms with E-state index in [9.17, 15) is 18.3 Å². The predicted molar refractivity (Wildman–Crippen MR) is 153 cm³/mol. The second-order valence-electron chi connectivity index (χ2n) is 12.5. The Hall–Kier alpha value is -3.04. The molecule has 0 saturated heterocycles. The largest absolute Gasteiger partial charge is 0.481 e. The molecule has 1 aromatic heterocycles. The Morgan fingerprint density at radius 3 is 2.58 bits per heavy atom. The zero-order valence-electron chi connectivity index (χ0n) is 24.1. The molecule has 0 bridgehead atoms. The number of benzene rings is 2. The van der Waals surface area contributed by atoms with Crippen LogP contribution in [-0.4, -0.2) is 45.3 Å². The van der Waals surface area contributed by atoms with E-state index in [0.717, 1.165) is 47.3 Å². The minimum atomic E-state index is -3.68. The van der Waals surface area contributed by atoms with Gasteiger partial charge in [0.2, 0.25) is 10.0 Å². The average molecular weight is 565 g/mol. The Kier molecular flexibility index (Phi) is 7.42. The molecule has 40 heavy (non-hydrogen) atoms. The number of carbonyl (C=O) groups is 1. The van der Waals surface area contributed by atoms with Gasteiger partial charge in [-0.2, -0.15) is 4.31 Å². The Bertz CT molecular complexity index is 1520. The van der Waals surface area contributed by atoms with Crippen molar-refractivity contribution in [2.75, 3.05) is 6.54 Å². The lowest BCUT2D eigenvalue weighted by molar-refractivity contribution is -0.149. The summed E-state index contributed by atoms with van der Waals surface area (Å²) in [6.07, 6.45) is 5.14. The summed E-state index contributed by atoms with van der Waals surface area (Å²) in [7, 11) is -3.68. The second kappa shape index (κ2) is 10.4. The summed E-state index contributed by atoms with van der Waals surface area (Å²) in [5.74, 6) is -0.945. The Labute approximate surface area is 237 Å². The van der Waals surface area contributed by atoms with E-state index in [2.05, 4.69) is 23.3 Å². The molecule has 9 heteroatoms. The maximum Gasteiger partial charge on any atom is 0.309 e. The number of carboxylic acids is 1. The van der Waals surface area contributed by atoms with E-state index >= 15 is 0 Å². The first kappa shape index (κ1) is 28.5. The van der Waals surface area contributed by atoms with Crippen LogP contribution in [0, 0.1) is 23.7 Å². The standard InChI is InChI=1S/C31H40N4O4S/c1-6-34-20-26(32-33-34)17-31(13-14-31)28(30(4,5)29(36)37)24-12-11-22(3)25(16-24)19-35-18-21(2)15-23-9-7-8-10-27(23)40(35,38)39/h7-12,16,20-21,28H,6,13-15,17-19H2,1-5H3,(H,36,37)/t21-,28-/m1/s1. The van der Waals surface area contributed by atoms with Crippen LogP contribution in [0.3, 0.4) is 0 Å². The van der Waals surface area contributed by atoms with Crippen LogP contribution in [0.25, 0.3) is 0 Å². The molecule has 214 valence electrons. The molecule has 1 saturated carbocycles. The summed E-state index contributed by atoms with van der Waals surface area (Å²) >= 11 is 0. The number of carboxylic acid groups (broad SMARTS) is 1. The van der Waals surface area contributed by atoms with Crippen molar-refractivity contribution in [3.63, 3.8) is 0 Å². The van der Waals surface area contributed by atoms with Crippen molar-refractivity contribution >= 4 is 16.0 Å². The van der Waals surface area contributed by atoms with Crippen molar-refractivity contribution in [3.8, 4) is 0 Å². The number of aliphatic carboxylic acids is 1. The zero-order chi connectivity index (χ0) is 28.9. The fourth-order valence-corrected chi connectivity index (χ4v) is 8.42. The summed E-state index contributed by atoms with van der Waals surface area (Å²) in [5, 5.41) is 18.9. The van der Waals surface area contributed by atoms with E-state index in [1.807, 2.05) is 44.3 Å². The van der Waals surface area contributed by atoms with Crippen LogP contribution < -0.4 is 0 Å². The number of nitrogens with zero attached hydrogens (tertiary/aromatic N) is 4. The van der Waals surface area contributed by atoms with E-state index in [4.69, 9.17) is 0 Å². The molecule has 5 rings (SSSR count). The molecular formula is C31H40N4O4S. The van der Waals surface area contributed by atoms with E-state index in [0.29, 0.717) is 24.3 Å². The third kappa shape index (κ3) is 5.21. The van der Waals surface area contributed by atoms with Gasteiger partial charge >= 0.3 is 5.97 Å². The predicted octanol–water partition coefficient (Wildman–Crippen LogP) is 5.21. The maximum absolute atomic E-state index is 13.8. The molecule has 1 aliphatic carbocycles. The van der Waals surface area contributed by atoms with Crippen molar-refractivity contribution in [3.05, 3.63) is 76.6 Å². The van der Waals surface area contributed by atoms with Crippen molar-refractivity contribution in [1.29, 1.82) is 0 Å². The summed E-state index contributed by atoms with van der Waals surface area (Å²) in [4.78, 5) is 13.0. The average Bonchev–Trinajstić information content (AvgIpc) is 3.53. The van der Waals surface area contributed by atoms with E-state index in [-0.39, 0.29) is 23.8 Å². The van der Waals surface area contributed by atoms with Gasteiger partial charge in [0.15, 0.2) is 0 Å². The topological polar surface area (TPSA) is 105 Å². The van der Waals surface area contributed by atoms with Gasteiger partial charge in [0.25, 0.3) is 0 Å². The smallest absolute Gasteiger partial charge is 0.309 e. The second-order valence-corrected chi connectivity index (χ2v) is 14.4. The van der Waals surface area contributed by atoms with Gasteiger partial charge in [-0.05, 0) is 93.0 Å². The van der Waals surface area contributed by atoms with Crippen LogP contribution in [0.2, 0.25) is 0 Å². The van der Waals surface area contributed by atoms with Gasteiger partial charge in [-0.25, -0.2) is 8.42 Å². The molecular weight excluding hydrogens is 524 g/mol. The minimum absolute atomic E-state index is 0.173. The first-order valence-corrected chi connectivity index (χ1v) is 15.6. The van der Waals surface area contributed by atoms with Gasteiger partial charge in [0.1, 0.15) is 0 Å². The molecule has 0 radical (unpaired) electrons. The van der Waals surface area contributed by atoms with Crippen molar-refractivity contribution in [1.82, 2.24) is 19.3 Å². The third-order valence-corrected chi connectivity index (χ3v) is 10.9. The van der Waals surface area contributed by atoms with Gasteiger partial charge in [0, 0.05) is 31.7 Å². The van der Waals surface area contributed by atoms with E-state index in [1.165, 1.54) is 0 Å². The lowest BCUT2D eigenvalue weighted by atomic mass is 9.65. The first-order valence-electron chi connectivity index (χ1n) is 14.2. The molecule has 2 aliphatic rings. The minimum Gasteiger partial charge on any atom is -0.481 e. The lowest BCUT2D eigenvalue weighted by Gasteiger charge is -2.38. The maximum atomic E-state index is 13.8. The zero-order valence-corrected chi connectivity index (χ0v) is 24.9. The Morgan fingerprint density at radius 2 is 1.93 bits per heavy atom. The quantitative estimate of drug-likeness (QED) is 0.383. The molecule has 0 spiro atoms. The van der Waals surface area contributed by atoms with Crippen LogP contribution >= 0.6 is 0 Å². The lowest BCUT2D eigenvalue weighted by Crippen LogP contribution is -2.38. The van der Waals surface area contributed by atoms with Gasteiger partial charge < -0.3 is 5.11 Å².